The van der Waals surface area contributed by atoms with Crippen molar-refractivity contribution in [1.29, 1.82) is 0 Å². The van der Waals surface area contributed by atoms with Crippen LogP contribution in [0.1, 0.15) is 46.5 Å². The van der Waals surface area contributed by atoms with Crippen LogP contribution in [0.4, 0.5) is 0 Å². The van der Waals surface area contributed by atoms with E-state index in [-0.39, 0.29) is 30.0 Å². The number of unbranched alkanes of at least 4 members (excludes halogenated alkanes) is 1. The zero-order chi connectivity index (χ0) is 15.7. The molecule has 3 unspecified atom stereocenters. The summed E-state index contributed by atoms with van der Waals surface area (Å²) in [6.07, 6.45) is 3.97. The lowest BCUT2D eigenvalue weighted by atomic mass is 9.46. The van der Waals surface area contributed by atoms with E-state index in [4.69, 9.17) is 10.5 Å². The third kappa shape index (κ3) is 2.49. The molecule has 0 radical (unpaired) electrons. The van der Waals surface area contributed by atoms with Gasteiger partial charge in [-0.15, -0.1) is 0 Å². The van der Waals surface area contributed by atoms with E-state index in [1.165, 1.54) is 0 Å². The number of nitrogens with zero attached hydrogens (tertiary/aromatic N) is 1. The number of nitrogens with two attached hydrogens (primary N) is 1. The summed E-state index contributed by atoms with van der Waals surface area (Å²) < 4.78 is 5.86. The molecular weight excluding hydrogens is 268 g/mol. The van der Waals surface area contributed by atoms with Gasteiger partial charge in [-0.2, -0.15) is 0 Å². The Hall–Kier alpha value is -0.650. The van der Waals surface area contributed by atoms with Crippen molar-refractivity contribution >= 4 is 5.91 Å². The van der Waals surface area contributed by atoms with Crippen LogP contribution in [0.3, 0.4) is 0 Å². The Morgan fingerprint density at radius 1 is 1.43 bits per heavy atom. The standard InChI is InChI=1S/C16H30N2O3/c1-4-5-8-18(9-10-19)14(20)16(17)12-7-6-11-21-13(12)15(16,2)3/h12-13,19H,4-11,17H2,1-3H3. The van der Waals surface area contributed by atoms with Crippen LogP contribution >= 0.6 is 0 Å². The van der Waals surface area contributed by atoms with Gasteiger partial charge in [0.1, 0.15) is 5.54 Å². The van der Waals surface area contributed by atoms with Gasteiger partial charge in [-0.05, 0) is 19.3 Å². The van der Waals surface area contributed by atoms with Crippen molar-refractivity contribution in [3.05, 3.63) is 0 Å². The van der Waals surface area contributed by atoms with Gasteiger partial charge in [-0.1, -0.05) is 27.2 Å². The second kappa shape index (κ2) is 6.23. The highest BCUT2D eigenvalue weighted by atomic mass is 16.5. The van der Waals surface area contributed by atoms with E-state index < -0.39 is 5.54 Å². The Labute approximate surface area is 127 Å². The van der Waals surface area contributed by atoms with Gasteiger partial charge in [-0.3, -0.25) is 4.79 Å². The molecule has 0 aromatic rings. The molecule has 0 spiro atoms. The Morgan fingerprint density at radius 2 is 2.14 bits per heavy atom. The zero-order valence-corrected chi connectivity index (χ0v) is 13.6. The van der Waals surface area contributed by atoms with Crippen LogP contribution in [-0.4, -0.2) is 53.9 Å². The molecule has 2 aliphatic rings. The molecule has 2 fully saturated rings. The summed E-state index contributed by atoms with van der Waals surface area (Å²) in [5, 5.41) is 9.24. The minimum atomic E-state index is -0.860. The van der Waals surface area contributed by atoms with E-state index in [1.807, 2.05) is 13.8 Å². The highest BCUT2D eigenvalue weighted by Gasteiger charge is 2.70. The van der Waals surface area contributed by atoms with E-state index in [1.54, 1.807) is 4.90 Å². The molecule has 122 valence electrons. The van der Waals surface area contributed by atoms with Crippen LogP contribution in [0.5, 0.6) is 0 Å². The molecule has 5 heteroatoms. The van der Waals surface area contributed by atoms with E-state index in [0.717, 1.165) is 32.3 Å². The Kier molecular flexibility index (Phi) is 4.96. The lowest BCUT2D eigenvalue weighted by Gasteiger charge is -2.65. The maximum atomic E-state index is 13.0. The first-order valence-electron chi connectivity index (χ1n) is 8.22. The van der Waals surface area contributed by atoms with E-state index in [9.17, 15) is 9.90 Å². The SMILES string of the molecule is CCCCN(CCO)C(=O)C1(N)C2CCCOC2C1(C)C. The van der Waals surface area contributed by atoms with Crippen molar-refractivity contribution in [2.24, 2.45) is 17.1 Å². The maximum absolute atomic E-state index is 13.0. The van der Waals surface area contributed by atoms with Crippen molar-refractivity contribution in [2.45, 2.75) is 58.1 Å². The second-order valence-corrected chi connectivity index (χ2v) is 7.00. The van der Waals surface area contributed by atoms with Crippen molar-refractivity contribution in [1.82, 2.24) is 4.90 Å². The van der Waals surface area contributed by atoms with Gasteiger partial charge in [0.25, 0.3) is 0 Å². The number of hydrogen-bond donors (Lipinski definition) is 2. The number of rotatable bonds is 6. The molecule has 1 saturated carbocycles. The first kappa shape index (κ1) is 16.7. The zero-order valence-electron chi connectivity index (χ0n) is 13.6. The van der Waals surface area contributed by atoms with Gasteiger partial charge in [-0.25, -0.2) is 0 Å². The molecule has 5 nitrogen and oxygen atoms in total. The first-order valence-corrected chi connectivity index (χ1v) is 8.22. The Bertz CT molecular complexity index is 386. The van der Waals surface area contributed by atoms with Crippen molar-refractivity contribution in [2.75, 3.05) is 26.3 Å². The van der Waals surface area contributed by atoms with Gasteiger partial charge in [0.15, 0.2) is 0 Å². The lowest BCUT2D eigenvalue weighted by Crippen LogP contribution is -2.82. The molecule has 1 aliphatic carbocycles. The Balaban J connectivity index is 2.18. The highest BCUT2D eigenvalue weighted by molar-refractivity contribution is 5.89. The van der Waals surface area contributed by atoms with Crippen LogP contribution in [0.15, 0.2) is 0 Å². The predicted molar refractivity (Wildman–Crippen MR) is 81.7 cm³/mol. The van der Waals surface area contributed by atoms with E-state index >= 15 is 0 Å². The number of ether oxygens (including phenoxy) is 1. The van der Waals surface area contributed by atoms with E-state index in [0.29, 0.717) is 13.1 Å². The molecule has 0 bridgehead atoms. The monoisotopic (exact) mass is 298 g/mol. The average Bonchev–Trinajstić information content (AvgIpc) is 2.49. The molecular formula is C16H30N2O3. The third-order valence-electron chi connectivity index (χ3n) is 5.48. The first-order chi connectivity index (χ1) is 9.91. The number of aliphatic hydroxyl groups is 1. The lowest BCUT2D eigenvalue weighted by molar-refractivity contribution is -0.230. The molecule has 1 heterocycles. The number of carbonyl (C=O) groups excluding carboxylic acids is 1. The minimum absolute atomic E-state index is 0.0123. The summed E-state index contributed by atoms with van der Waals surface area (Å²) in [6.45, 7) is 7.96. The molecule has 0 aromatic heterocycles. The van der Waals surface area contributed by atoms with Crippen LogP contribution in [-0.2, 0) is 9.53 Å². The topological polar surface area (TPSA) is 75.8 Å². The fraction of sp³-hybridized carbons (Fsp3) is 0.938. The summed E-state index contributed by atoms with van der Waals surface area (Å²) in [5.74, 6) is 0.0957. The maximum Gasteiger partial charge on any atom is 0.243 e. The number of amides is 1. The Morgan fingerprint density at radius 3 is 2.76 bits per heavy atom. The summed E-state index contributed by atoms with van der Waals surface area (Å²) >= 11 is 0. The molecule has 2 rings (SSSR count). The number of fused-ring (bicyclic) bond motifs is 1. The number of hydrogen-bond acceptors (Lipinski definition) is 4. The highest BCUT2D eigenvalue weighted by Crippen LogP contribution is 2.57. The molecule has 21 heavy (non-hydrogen) atoms. The molecule has 3 N–H and O–H groups in total. The summed E-state index contributed by atoms with van der Waals surface area (Å²) in [7, 11) is 0. The summed E-state index contributed by atoms with van der Waals surface area (Å²) in [4.78, 5) is 14.8. The third-order valence-corrected chi connectivity index (χ3v) is 5.48. The molecule has 1 saturated heterocycles. The molecule has 1 aliphatic heterocycles. The fourth-order valence-corrected chi connectivity index (χ4v) is 4.06. The van der Waals surface area contributed by atoms with Gasteiger partial charge < -0.3 is 20.5 Å². The van der Waals surface area contributed by atoms with Gasteiger partial charge in [0.2, 0.25) is 5.91 Å². The molecule has 1 amide bonds. The van der Waals surface area contributed by atoms with Crippen LogP contribution in [0.25, 0.3) is 0 Å². The second-order valence-electron chi connectivity index (χ2n) is 7.00. The van der Waals surface area contributed by atoms with Crippen molar-refractivity contribution in [3.63, 3.8) is 0 Å². The number of aliphatic hydroxyl groups excluding tert-OH is 1. The normalized spacial score (nSPS) is 34.0. The largest absolute Gasteiger partial charge is 0.395 e. The minimum Gasteiger partial charge on any atom is -0.395 e. The van der Waals surface area contributed by atoms with Crippen LogP contribution in [0, 0.1) is 11.3 Å². The van der Waals surface area contributed by atoms with Crippen molar-refractivity contribution < 1.29 is 14.6 Å². The van der Waals surface area contributed by atoms with Crippen LogP contribution in [0.2, 0.25) is 0 Å². The molecule has 3 atom stereocenters. The molecule has 0 aromatic carbocycles. The van der Waals surface area contributed by atoms with Gasteiger partial charge in [0, 0.05) is 31.0 Å². The van der Waals surface area contributed by atoms with Gasteiger partial charge in [0.05, 0.1) is 12.7 Å². The number of carbonyl (C=O) groups is 1. The van der Waals surface area contributed by atoms with Crippen LogP contribution < -0.4 is 5.73 Å². The van der Waals surface area contributed by atoms with Gasteiger partial charge >= 0.3 is 0 Å². The smallest absolute Gasteiger partial charge is 0.243 e. The fourth-order valence-electron chi connectivity index (χ4n) is 4.06. The summed E-state index contributed by atoms with van der Waals surface area (Å²) in [5.41, 5.74) is 5.42. The average molecular weight is 298 g/mol. The van der Waals surface area contributed by atoms with Crippen molar-refractivity contribution in [3.8, 4) is 0 Å². The summed E-state index contributed by atoms with van der Waals surface area (Å²) in [6, 6.07) is 0. The quantitative estimate of drug-likeness (QED) is 0.771. The van der Waals surface area contributed by atoms with E-state index in [2.05, 4.69) is 6.92 Å². The predicted octanol–water partition coefficient (Wildman–Crippen LogP) is 1.14.